The molecule has 22 heavy (non-hydrogen) atoms. The van der Waals surface area contributed by atoms with Crippen LogP contribution in [0.1, 0.15) is 24.2 Å². The summed E-state index contributed by atoms with van der Waals surface area (Å²) < 4.78 is 5.27. The van der Waals surface area contributed by atoms with Crippen molar-refractivity contribution in [2.75, 3.05) is 45.6 Å². The molecule has 0 atom stereocenters. The van der Waals surface area contributed by atoms with Crippen molar-refractivity contribution in [3.63, 3.8) is 0 Å². The normalized spacial score (nSPS) is 16.1. The lowest BCUT2D eigenvalue weighted by atomic mass is 10.1. The summed E-state index contributed by atoms with van der Waals surface area (Å²) in [4.78, 5) is 16.9. The second-order valence-electron chi connectivity index (χ2n) is 6.06. The predicted octanol–water partition coefficient (Wildman–Crippen LogP) is 2.34. The monoisotopic (exact) mass is 325 g/mol. The van der Waals surface area contributed by atoms with E-state index < -0.39 is 0 Å². The zero-order valence-corrected chi connectivity index (χ0v) is 14.2. The van der Waals surface area contributed by atoms with Gasteiger partial charge in [0.1, 0.15) is 5.75 Å². The van der Waals surface area contributed by atoms with Gasteiger partial charge in [0.25, 0.3) is 5.91 Å². The SMILES string of the molecule is COc1cc(N)c(Cl)cc1C(=O)N1CCN(CC(C)C)CC1. The number of nitrogens with two attached hydrogens (primary N) is 1. The van der Waals surface area contributed by atoms with Crippen molar-refractivity contribution in [2.24, 2.45) is 5.92 Å². The lowest BCUT2D eigenvalue weighted by Gasteiger charge is -2.35. The van der Waals surface area contributed by atoms with E-state index in [1.54, 1.807) is 12.1 Å². The fourth-order valence-electron chi connectivity index (χ4n) is 2.73. The van der Waals surface area contributed by atoms with E-state index >= 15 is 0 Å². The maximum Gasteiger partial charge on any atom is 0.257 e. The van der Waals surface area contributed by atoms with E-state index in [0.717, 1.165) is 32.7 Å². The molecular weight excluding hydrogens is 302 g/mol. The average Bonchev–Trinajstić information content (AvgIpc) is 2.49. The van der Waals surface area contributed by atoms with Gasteiger partial charge in [-0.15, -0.1) is 0 Å². The summed E-state index contributed by atoms with van der Waals surface area (Å²) in [5.74, 6) is 1.05. The number of anilines is 1. The number of piperazine rings is 1. The van der Waals surface area contributed by atoms with Crippen molar-refractivity contribution in [3.05, 3.63) is 22.7 Å². The average molecular weight is 326 g/mol. The Bertz CT molecular complexity index is 540. The molecule has 0 bridgehead atoms. The molecule has 0 aliphatic carbocycles. The van der Waals surface area contributed by atoms with Gasteiger partial charge in [0.2, 0.25) is 0 Å². The molecule has 0 unspecified atom stereocenters. The van der Waals surface area contributed by atoms with Crippen molar-refractivity contribution >= 4 is 23.2 Å². The molecule has 1 aromatic carbocycles. The van der Waals surface area contributed by atoms with Crippen LogP contribution in [-0.2, 0) is 0 Å². The van der Waals surface area contributed by atoms with Crippen LogP contribution in [0.4, 0.5) is 5.69 Å². The summed E-state index contributed by atoms with van der Waals surface area (Å²) in [5.41, 5.74) is 6.65. The highest BCUT2D eigenvalue weighted by Gasteiger charge is 2.25. The third-order valence-electron chi connectivity index (χ3n) is 3.83. The van der Waals surface area contributed by atoms with Crippen LogP contribution in [0.15, 0.2) is 12.1 Å². The molecule has 1 saturated heterocycles. The Morgan fingerprint density at radius 2 is 1.95 bits per heavy atom. The number of nitrogens with zero attached hydrogens (tertiary/aromatic N) is 2. The molecule has 122 valence electrons. The molecule has 5 nitrogen and oxygen atoms in total. The maximum absolute atomic E-state index is 12.7. The molecule has 0 spiro atoms. The van der Waals surface area contributed by atoms with E-state index in [1.165, 1.54) is 7.11 Å². The molecule has 1 fully saturated rings. The summed E-state index contributed by atoms with van der Waals surface area (Å²) >= 11 is 6.05. The molecule has 0 radical (unpaired) electrons. The smallest absolute Gasteiger partial charge is 0.257 e. The first-order valence-electron chi connectivity index (χ1n) is 7.57. The third-order valence-corrected chi connectivity index (χ3v) is 4.16. The number of benzene rings is 1. The van der Waals surface area contributed by atoms with Crippen LogP contribution in [0.3, 0.4) is 0 Å². The fraction of sp³-hybridized carbons (Fsp3) is 0.562. The van der Waals surface area contributed by atoms with E-state index in [2.05, 4.69) is 18.7 Å². The van der Waals surface area contributed by atoms with Crippen molar-refractivity contribution < 1.29 is 9.53 Å². The van der Waals surface area contributed by atoms with Crippen LogP contribution in [0.2, 0.25) is 5.02 Å². The third kappa shape index (κ3) is 3.84. The van der Waals surface area contributed by atoms with Gasteiger partial charge < -0.3 is 15.4 Å². The number of methoxy groups -OCH3 is 1. The number of rotatable bonds is 4. The number of carbonyl (C=O) groups is 1. The maximum atomic E-state index is 12.7. The summed E-state index contributed by atoms with van der Waals surface area (Å²) in [6, 6.07) is 3.20. The van der Waals surface area contributed by atoms with Crippen molar-refractivity contribution in [2.45, 2.75) is 13.8 Å². The van der Waals surface area contributed by atoms with E-state index in [4.69, 9.17) is 22.1 Å². The molecule has 0 aromatic heterocycles. The number of halogens is 1. The molecule has 1 heterocycles. The number of amides is 1. The van der Waals surface area contributed by atoms with Gasteiger partial charge in [-0.2, -0.15) is 0 Å². The van der Waals surface area contributed by atoms with Gasteiger partial charge >= 0.3 is 0 Å². The minimum absolute atomic E-state index is 0.0528. The summed E-state index contributed by atoms with van der Waals surface area (Å²) in [5, 5.41) is 0.377. The van der Waals surface area contributed by atoms with Gasteiger partial charge in [-0.3, -0.25) is 9.69 Å². The largest absolute Gasteiger partial charge is 0.496 e. The van der Waals surface area contributed by atoms with Gasteiger partial charge in [0.15, 0.2) is 0 Å². The van der Waals surface area contributed by atoms with E-state index in [-0.39, 0.29) is 5.91 Å². The molecular formula is C16H24ClN3O2. The zero-order valence-electron chi connectivity index (χ0n) is 13.4. The van der Waals surface area contributed by atoms with Gasteiger partial charge in [-0.05, 0) is 12.0 Å². The van der Waals surface area contributed by atoms with Crippen molar-refractivity contribution in [1.29, 1.82) is 0 Å². The van der Waals surface area contributed by atoms with Crippen LogP contribution in [0.25, 0.3) is 0 Å². The van der Waals surface area contributed by atoms with Gasteiger partial charge in [-0.25, -0.2) is 0 Å². The number of nitrogen functional groups attached to an aromatic ring is 1. The van der Waals surface area contributed by atoms with Gasteiger partial charge in [-0.1, -0.05) is 25.4 Å². The highest BCUT2D eigenvalue weighted by atomic mass is 35.5. The number of hydrogen-bond donors (Lipinski definition) is 1. The quantitative estimate of drug-likeness (QED) is 0.863. The zero-order chi connectivity index (χ0) is 16.3. The molecule has 1 aliphatic rings. The molecule has 2 N–H and O–H groups in total. The Hall–Kier alpha value is -1.46. The molecule has 1 amide bonds. The minimum atomic E-state index is -0.0528. The van der Waals surface area contributed by atoms with Crippen LogP contribution < -0.4 is 10.5 Å². The Labute approximate surface area is 137 Å². The molecule has 1 aromatic rings. The molecule has 1 aliphatic heterocycles. The first-order valence-corrected chi connectivity index (χ1v) is 7.94. The first kappa shape index (κ1) is 16.9. The van der Waals surface area contributed by atoms with Crippen LogP contribution in [0.5, 0.6) is 5.75 Å². The van der Waals surface area contributed by atoms with E-state index in [1.807, 2.05) is 4.90 Å². The van der Waals surface area contributed by atoms with Gasteiger partial charge in [0, 0.05) is 38.8 Å². The first-order chi connectivity index (χ1) is 10.4. The second kappa shape index (κ2) is 7.20. The lowest BCUT2D eigenvalue weighted by Crippen LogP contribution is -2.49. The van der Waals surface area contributed by atoms with E-state index in [9.17, 15) is 4.79 Å². The Balaban J connectivity index is 2.08. The minimum Gasteiger partial charge on any atom is -0.496 e. The topological polar surface area (TPSA) is 58.8 Å². The fourth-order valence-corrected chi connectivity index (χ4v) is 2.89. The van der Waals surface area contributed by atoms with Crippen molar-refractivity contribution in [1.82, 2.24) is 9.80 Å². The van der Waals surface area contributed by atoms with Crippen LogP contribution in [0, 0.1) is 5.92 Å². The Kier molecular flexibility index (Phi) is 5.53. The summed E-state index contributed by atoms with van der Waals surface area (Å²) in [6.45, 7) is 8.72. The van der Waals surface area contributed by atoms with Crippen molar-refractivity contribution in [3.8, 4) is 5.75 Å². The highest BCUT2D eigenvalue weighted by Crippen LogP contribution is 2.30. The highest BCUT2D eigenvalue weighted by molar-refractivity contribution is 6.33. The number of hydrogen-bond acceptors (Lipinski definition) is 4. The standard InChI is InChI=1S/C16H24ClN3O2/c1-11(2)10-19-4-6-20(7-5-19)16(21)12-8-13(17)14(18)9-15(12)22-3/h8-9,11H,4-7,10,18H2,1-3H3. The van der Waals surface area contributed by atoms with Gasteiger partial charge in [0.05, 0.1) is 23.4 Å². The molecule has 6 heteroatoms. The van der Waals surface area contributed by atoms with Crippen LogP contribution in [-0.4, -0.2) is 55.5 Å². The summed E-state index contributed by atoms with van der Waals surface area (Å²) in [6.07, 6.45) is 0. The predicted molar refractivity (Wildman–Crippen MR) is 89.6 cm³/mol. The molecule has 0 saturated carbocycles. The number of carbonyl (C=O) groups excluding carboxylic acids is 1. The van der Waals surface area contributed by atoms with E-state index in [0.29, 0.717) is 27.9 Å². The van der Waals surface area contributed by atoms with Crippen LogP contribution >= 0.6 is 11.6 Å². The Morgan fingerprint density at radius 1 is 1.32 bits per heavy atom. The molecule has 2 rings (SSSR count). The Morgan fingerprint density at radius 3 is 2.50 bits per heavy atom. The second-order valence-corrected chi connectivity index (χ2v) is 6.47. The summed E-state index contributed by atoms with van der Waals surface area (Å²) in [7, 11) is 1.53. The number of ether oxygens (including phenoxy) is 1. The lowest BCUT2D eigenvalue weighted by molar-refractivity contribution is 0.0620.